The first kappa shape index (κ1) is 11.8. The Bertz CT molecular complexity index is 347. The molecule has 0 atom stereocenters. The van der Waals surface area contributed by atoms with E-state index in [1.807, 2.05) is 19.9 Å². The van der Waals surface area contributed by atoms with Gasteiger partial charge in [-0.2, -0.15) is 0 Å². The second kappa shape index (κ2) is 4.09. The van der Waals surface area contributed by atoms with Gasteiger partial charge in [-0.3, -0.25) is 0 Å². The molecule has 0 radical (unpaired) electrons. The molecule has 2 N–H and O–H groups in total. The maximum absolute atomic E-state index is 6.03. The van der Waals surface area contributed by atoms with Gasteiger partial charge in [-0.05, 0) is 26.0 Å². The van der Waals surface area contributed by atoms with Gasteiger partial charge in [-0.25, -0.2) is 0 Å². The van der Waals surface area contributed by atoms with Crippen LogP contribution in [0, 0.1) is 0 Å². The summed E-state index contributed by atoms with van der Waals surface area (Å²) in [7, 11) is 1.60. The summed E-state index contributed by atoms with van der Waals surface area (Å²) in [6.45, 7) is 3.84. The third-order valence-corrected chi connectivity index (χ3v) is 2.73. The molecule has 0 aliphatic rings. The van der Waals surface area contributed by atoms with Crippen LogP contribution in [0.5, 0.6) is 5.75 Å². The fraction of sp³-hybridized carbons (Fsp3) is 0.400. The molecule has 0 aliphatic carbocycles. The van der Waals surface area contributed by atoms with Crippen molar-refractivity contribution in [3.05, 3.63) is 27.2 Å². The van der Waals surface area contributed by atoms with Gasteiger partial charge in [-0.15, -0.1) is 0 Å². The number of nitrogens with two attached hydrogens (primary N) is 1. The van der Waals surface area contributed by atoms with Gasteiger partial charge in [0, 0.05) is 20.6 Å². The van der Waals surface area contributed by atoms with Crippen LogP contribution >= 0.6 is 27.5 Å². The lowest BCUT2D eigenvalue weighted by molar-refractivity contribution is 0.393. The summed E-state index contributed by atoms with van der Waals surface area (Å²) in [5, 5.41) is 0.627. The molecule has 0 saturated carbocycles. The predicted molar refractivity (Wildman–Crippen MR) is 62.9 cm³/mol. The van der Waals surface area contributed by atoms with Crippen LogP contribution in [-0.4, -0.2) is 7.11 Å². The molecule has 4 heteroatoms. The fourth-order valence-corrected chi connectivity index (χ4v) is 2.63. The number of methoxy groups -OCH3 is 1. The van der Waals surface area contributed by atoms with Gasteiger partial charge < -0.3 is 10.5 Å². The molecular weight excluding hydrogens is 265 g/mol. The van der Waals surface area contributed by atoms with Crippen LogP contribution < -0.4 is 10.5 Å². The van der Waals surface area contributed by atoms with Crippen molar-refractivity contribution in [3.63, 3.8) is 0 Å². The van der Waals surface area contributed by atoms with Crippen molar-refractivity contribution in [1.82, 2.24) is 0 Å². The molecule has 1 rings (SSSR count). The highest BCUT2D eigenvalue weighted by Crippen LogP contribution is 2.37. The fourth-order valence-electron chi connectivity index (χ4n) is 1.34. The quantitative estimate of drug-likeness (QED) is 0.901. The largest absolute Gasteiger partial charge is 0.496 e. The van der Waals surface area contributed by atoms with E-state index >= 15 is 0 Å². The highest BCUT2D eigenvalue weighted by atomic mass is 79.9. The monoisotopic (exact) mass is 277 g/mol. The van der Waals surface area contributed by atoms with E-state index in [2.05, 4.69) is 15.9 Å². The summed E-state index contributed by atoms with van der Waals surface area (Å²) >= 11 is 9.33. The Balaban J connectivity index is 3.40. The van der Waals surface area contributed by atoms with Crippen LogP contribution in [-0.2, 0) is 5.54 Å². The number of hydrogen-bond donors (Lipinski definition) is 1. The highest BCUT2D eigenvalue weighted by Gasteiger charge is 2.22. The number of ether oxygens (including phenoxy) is 1. The van der Waals surface area contributed by atoms with Gasteiger partial charge >= 0.3 is 0 Å². The van der Waals surface area contributed by atoms with Gasteiger partial charge in [0.2, 0.25) is 0 Å². The van der Waals surface area contributed by atoms with Crippen LogP contribution in [0.25, 0.3) is 0 Å². The van der Waals surface area contributed by atoms with Crippen molar-refractivity contribution < 1.29 is 4.74 Å². The zero-order valence-corrected chi connectivity index (χ0v) is 10.7. The molecule has 78 valence electrons. The Morgan fingerprint density at radius 1 is 1.43 bits per heavy atom. The first-order chi connectivity index (χ1) is 6.36. The van der Waals surface area contributed by atoms with Crippen LogP contribution in [0.1, 0.15) is 19.4 Å². The molecule has 14 heavy (non-hydrogen) atoms. The molecular formula is C10H13BrClNO. The molecule has 0 aliphatic heterocycles. The maximum Gasteiger partial charge on any atom is 0.126 e. The van der Waals surface area contributed by atoms with E-state index in [9.17, 15) is 0 Å². The molecule has 1 aromatic carbocycles. The second-order valence-electron chi connectivity index (χ2n) is 3.69. The summed E-state index contributed by atoms with van der Waals surface area (Å²) in [5.74, 6) is 0.705. The van der Waals surface area contributed by atoms with Crippen molar-refractivity contribution >= 4 is 27.5 Å². The minimum Gasteiger partial charge on any atom is -0.496 e. The lowest BCUT2D eigenvalue weighted by Crippen LogP contribution is -2.29. The zero-order valence-electron chi connectivity index (χ0n) is 8.40. The Hall–Kier alpha value is -0.250. The Morgan fingerprint density at radius 3 is 2.43 bits per heavy atom. The maximum atomic E-state index is 6.03. The van der Waals surface area contributed by atoms with Crippen LogP contribution in [0.3, 0.4) is 0 Å². The standard InChI is InChI=1S/C10H13BrClNO/c1-10(2,13)9-7(11)4-6(12)5-8(9)14-3/h4-5H,13H2,1-3H3. The van der Waals surface area contributed by atoms with Gasteiger partial charge in [0.15, 0.2) is 0 Å². The van der Waals surface area contributed by atoms with Crippen molar-refractivity contribution in [1.29, 1.82) is 0 Å². The van der Waals surface area contributed by atoms with E-state index < -0.39 is 5.54 Å². The third-order valence-electron chi connectivity index (χ3n) is 1.88. The van der Waals surface area contributed by atoms with Crippen molar-refractivity contribution in [3.8, 4) is 5.75 Å². The first-order valence-corrected chi connectivity index (χ1v) is 5.35. The Labute approximate surface area is 97.5 Å². The summed E-state index contributed by atoms with van der Waals surface area (Å²) in [6, 6.07) is 3.57. The molecule has 2 nitrogen and oxygen atoms in total. The van der Waals surface area contributed by atoms with E-state index in [1.54, 1.807) is 13.2 Å². The summed E-state index contributed by atoms with van der Waals surface area (Å²) in [4.78, 5) is 0. The molecule has 0 spiro atoms. The molecule has 0 fully saturated rings. The number of rotatable bonds is 2. The molecule has 0 heterocycles. The highest BCUT2D eigenvalue weighted by molar-refractivity contribution is 9.10. The molecule has 0 aromatic heterocycles. The number of halogens is 2. The van der Waals surface area contributed by atoms with E-state index in [0.717, 1.165) is 10.0 Å². The van der Waals surface area contributed by atoms with E-state index in [4.69, 9.17) is 22.1 Å². The Kier molecular flexibility index (Phi) is 3.45. The van der Waals surface area contributed by atoms with Crippen LogP contribution in [0.2, 0.25) is 5.02 Å². The topological polar surface area (TPSA) is 35.2 Å². The number of hydrogen-bond acceptors (Lipinski definition) is 2. The van der Waals surface area contributed by atoms with Gasteiger partial charge in [0.1, 0.15) is 5.75 Å². The predicted octanol–water partition coefficient (Wildman–Crippen LogP) is 3.30. The van der Waals surface area contributed by atoms with Crippen LogP contribution in [0.15, 0.2) is 16.6 Å². The van der Waals surface area contributed by atoms with Crippen molar-refractivity contribution in [2.45, 2.75) is 19.4 Å². The molecule has 0 amide bonds. The SMILES string of the molecule is COc1cc(Cl)cc(Br)c1C(C)(C)N. The van der Waals surface area contributed by atoms with Gasteiger partial charge in [0.05, 0.1) is 7.11 Å². The minimum absolute atomic E-state index is 0.464. The minimum atomic E-state index is -0.464. The van der Waals surface area contributed by atoms with Crippen molar-refractivity contribution in [2.24, 2.45) is 5.73 Å². The lowest BCUT2D eigenvalue weighted by Gasteiger charge is -2.23. The molecule has 1 aromatic rings. The summed E-state index contributed by atoms with van der Waals surface area (Å²) < 4.78 is 6.11. The molecule has 0 saturated heterocycles. The second-order valence-corrected chi connectivity index (χ2v) is 4.98. The van der Waals surface area contributed by atoms with Gasteiger partial charge in [0.25, 0.3) is 0 Å². The molecule has 0 unspecified atom stereocenters. The normalized spacial score (nSPS) is 11.6. The summed E-state index contributed by atoms with van der Waals surface area (Å²) in [5.41, 5.74) is 6.49. The van der Waals surface area contributed by atoms with E-state index in [-0.39, 0.29) is 0 Å². The van der Waals surface area contributed by atoms with E-state index in [0.29, 0.717) is 10.8 Å². The van der Waals surface area contributed by atoms with Crippen LogP contribution in [0.4, 0.5) is 0 Å². The first-order valence-electron chi connectivity index (χ1n) is 4.18. The summed E-state index contributed by atoms with van der Waals surface area (Å²) in [6.07, 6.45) is 0. The zero-order chi connectivity index (χ0) is 10.9. The smallest absolute Gasteiger partial charge is 0.126 e. The molecule has 0 bridgehead atoms. The van der Waals surface area contributed by atoms with Gasteiger partial charge in [-0.1, -0.05) is 27.5 Å². The van der Waals surface area contributed by atoms with Crippen molar-refractivity contribution in [2.75, 3.05) is 7.11 Å². The third kappa shape index (κ3) is 2.41. The lowest BCUT2D eigenvalue weighted by atomic mass is 9.95. The van der Waals surface area contributed by atoms with E-state index in [1.165, 1.54) is 0 Å². The average Bonchev–Trinajstić information content (AvgIpc) is 1.99. The number of benzene rings is 1. The Morgan fingerprint density at radius 2 is 2.00 bits per heavy atom. The average molecular weight is 279 g/mol.